The number of benzene rings is 1. The average molecular weight is 386 g/mol. The Labute approximate surface area is 161 Å². The van der Waals surface area contributed by atoms with Gasteiger partial charge in [0, 0.05) is 26.2 Å². The second kappa shape index (κ2) is 7.98. The molecular weight excluding hydrogens is 364 g/mol. The lowest BCUT2D eigenvalue weighted by atomic mass is 10.2. The number of piperazine rings is 1. The van der Waals surface area contributed by atoms with E-state index in [0.717, 1.165) is 42.5 Å². The fraction of sp³-hybridized carbons (Fsp3) is 0.368. The summed E-state index contributed by atoms with van der Waals surface area (Å²) in [5, 5.41) is 6.27. The van der Waals surface area contributed by atoms with Crippen LogP contribution in [0, 0.1) is 0 Å². The lowest BCUT2D eigenvalue weighted by Gasteiger charge is -2.36. The summed E-state index contributed by atoms with van der Waals surface area (Å²) in [5.74, 6) is 0.892. The summed E-state index contributed by atoms with van der Waals surface area (Å²) in [7, 11) is 0. The summed E-state index contributed by atoms with van der Waals surface area (Å²) in [4.78, 5) is 17.5. The SMILES string of the molecule is CCOc1ccccc1N1CCN(Cn2nc(-c3cccs3)oc2=O)CC1. The normalized spacial score (nSPS) is 15.2. The van der Waals surface area contributed by atoms with Crippen LogP contribution in [0.3, 0.4) is 0 Å². The molecule has 1 aliphatic rings. The highest BCUT2D eigenvalue weighted by Crippen LogP contribution is 2.29. The largest absolute Gasteiger partial charge is 0.492 e. The fourth-order valence-corrected chi connectivity index (χ4v) is 3.86. The van der Waals surface area contributed by atoms with E-state index in [1.807, 2.05) is 42.6 Å². The van der Waals surface area contributed by atoms with Crippen LogP contribution < -0.4 is 15.4 Å². The topological polar surface area (TPSA) is 63.7 Å². The number of rotatable bonds is 6. The first kappa shape index (κ1) is 17.8. The Balaban J connectivity index is 1.40. The summed E-state index contributed by atoms with van der Waals surface area (Å²) < 4.78 is 12.4. The third-order valence-corrected chi connectivity index (χ3v) is 5.41. The summed E-state index contributed by atoms with van der Waals surface area (Å²) >= 11 is 1.51. The van der Waals surface area contributed by atoms with E-state index < -0.39 is 5.76 Å². The van der Waals surface area contributed by atoms with E-state index in [9.17, 15) is 4.79 Å². The Kier molecular flexibility index (Phi) is 5.26. The molecule has 1 saturated heterocycles. The van der Waals surface area contributed by atoms with Crippen molar-refractivity contribution in [2.75, 3.05) is 37.7 Å². The van der Waals surface area contributed by atoms with Crippen LogP contribution in [0.1, 0.15) is 6.92 Å². The van der Waals surface area contributed by atoms with E-state index in [2.05, 4.69) is 21.0 Å². The van der Waals surface area contributed by atoms with Gasteiger partial charge in [-0.25, -0.2) is 4.79 Å². The molecule has 8 heteroatoms. The van der Waals surface area contributed by atoms with E-state index in [-0.39, 0.29) is 0 Å². The highest BCUT2D eigenvalue weighted by molar-refractivity contribution is 7.13. The molecule has 3 heterocycles. The number of thiophene rings is 1. The minimum absolute atomic E-state index is 0.388. The van der Waals surface area contributed by atoms with Gasteiger partial charge in [-0.15, -0.1) is 16.4 Å². The van der Waals surface area contributed by atoms with Crippen molar-refractivity contribution in [3.8, 4) is 16.5 Å². The molecule has 0 radical (unpaired) electrons. The third kappa shape index (κ3) is 3.91. The quantitative estimate of drug-likeness (QED) is 0.649. The fourth-order valence-electron chi connectivity index (χ4n) is 3.21. The minimum Gasteiger partial charge on any atom is -0.492 e. The van der Waals surface area contributed by atoms with Crippen LogP contribution in [0.4, 0.5) is 5.69 Å². The van der Waals surface area contributed by atoms with Gasteiger partial charge in [0.1, 0.15) is 12.4 Å². The zero-order valence-electron chi connectivity index (χ0n) is 15.2. The average Bonchev–Trinajstić information content (AvgIpc) is 3.34. The van der Waals surface area contributed by atoms with Crippen LogP contribution in [0.15, 0.2) is 51.0 Å². The number of hydrogen-bond acceptors (Lipinski definition) is 7. The first-order chi connectivity index (χ1) is 13.2. The Bertz CT molecular complexity index is 927. The molecule has 4 rings (SSSR count). The molecule has 2 aromatic heterocycles. The molecule has 3 aromatic rings. The highest BCUT2D eigenvalue weighted by Gasteiger charge is 2.21. The van der Waals surface area contributed by atoms with Gasteiger partial charge in [-0.05, 0) is 30.5 Å². The summed E-state index contributed by atoms with van der Waals surface area (Å²) in [6, 6.07) is 11.9. The zero-order valence-corrected chi connectivity index (χ0v) is 16.0. The number of nitrogens with zero attached hydrogens (tertiary/aromatic N) is 4. The van der Waals surface area contributed by atoms with Gasteiger partial charge in [0.25, 0.3) is 5.89 Å². The van der Waals surface area contributed by atoms with E-state index >= 15 is 0 Å². The predicted molar refractivity (Wildman–Crippen MR) is 105 cm³/mol. The van der Waals surface area contributed by atoms with E-state index in [1.165, 1.54) is 16.0 Å². The molecule has 0 aliphatic carbocycles. The maximum Gasteiger partial charge on any atom is 0.438 e. The van der Waals surface area contributed by atoms with Crippen molar-refractivity contribution in [2.45, 2.75) is 13.6 Å². The number of aromatic nitrogens is 2. The van der Waals surface area contributed by atoms with Crippen LogP contribution >= 0.6 is 11.3 Å². The zero-order chi connectivity index (χ0) is 18.6. The molecule has 0 bridgehead atoms. The maximum atomic E-state index is 12.1. The van der Waals surface area contributed by atoms with Crippen molar-refractivity contribution < 1.29 is 9.15 Å². The van der Waals surface area contributed by atoms with E-state index in [1.54, 1.807) is 0 Å². The highest BCUT2D eigenvalue weighted by atomic mass is 32.1. The van der Waals surface area contributed by atoms with Gasteiger partial charge in [0.15, 0.2) is 0 Å². The lowest BCUT2D eigenvalue weighted by molar-refractivity contribution is 0.189. The van der Waals surface area contributed by atoms with E-state index in [4.69, 9.17) is 9.15 Å². The van der Waals surface area contributed by atoms with Crippen LogP contribution in [0.5, 0.6) is 5.75 Å². The molecule has 0 N–H and O–H groups in total. The summed E-state index contributed by atoms with van der Waals surface area (Å²) in [6.07, 6.45) is 0. The van der Waals surface area contributed by atoms with Gasteiger partial charge in [-0.3, -0.25) is 4.90 Å². The number of para-hydroxylation sites is 2. The smallest absolute Gasteiger partial charge is 0.438 e. The molecule has 142 valence electrons. The Hall–Kier alpha value is -2.58. The number of anilines is 1. The van der Waals surface area contributed by atoms with Gasteiger partial charge in [0.05, 0.1) is 17.2 Å². The first-order valence-corrected chi connectivity index (χ1v) is 9.93. The monoisotopic (exact) mass is 386 g/mol. The van der Waals surface area contributed by atoms with Crippen molar-refractivity contribution in [1.82, 2.24) is 14.7 Å². The molecule has 27 heavy (non-hydrogen) atoms. The lowest BCUT2D eigenvalue weighted by Crippen LogP contribution is -2.47. The molecule has 0 spiro atoms. The maximum absolute atomic E-state index is 12.1. The third-order valence-electron chi connectivity index (χ3n) is 4.55. The standard InChI is InChI=1S/C19H22N4O3S/c1-2-25-16-7-4-3-6-15(16)22-11-9-21(10-12-22)14-23-19(24)26-18(20-23)17-8-5-13-27-17/h3-8,13H,2,9-12,14H2,1H3. The molecule has 0 unspecified atom stereocenters. The van der Waals surface area contributed by atoms with Gasteiger partial charge < -0.3 is 14.1 Å². The van der Waals surface area contributed by atoms with Crippen molar-refractivity contribution in [3.63, 3.8) is 0 Å². The summed E-state index contributed by atoms with van der Waals surface area (Å²) in [5.41, 5.74) is 1.12. The molecule has 7 nitrogen and oxygen atoms in total. The van der Waals surface area contributed by atoms with Gasteiger partial charge in [0.2, 0.25) is 0 Å². The van der Waals surface area contributed by atoms with E-state index in [0.29, 0.717) is 19.2 Å². The van der Waals surface area contributed by atoms with Gasteiger partial charge in [-0.1, -0.05) is 18.2 Å². The van der Waals surface area contributed by atoms with Crippen molar-refractivity contribution in [3.05, 3.63) is 52.3 Å². The number of hydrogen-bond donors (Lipinski definition) is 0. The molecule has 0 saturated carbocycles. The first-order valence-electron chi connectivity index (χ1n) is 9.05. The minimum atomic E-state index is -0.414. The van der Waals surface area contributed by atoms with Gasteiger partial charge >= 0.3 is 5.76 Å². The Morgan fingerprint density at radius 1 is 1.15 bits per heavy atom. The summed E-state index contributed by atoms with van der Waals surface area (Å²) in [6.45, 7) is 6.51. The van der Waals surface area contributed by atoms with Crippen molar-refractivity contribution in [1.29, 1.82) is 0 Å². The molecule has 1 fully saturated rings. The van der Waals surface area contributed by atoms with Crippen LogP contribution in [-0.4, -0.2) is 47.5 Å². The Morgan fingerprint density at radius 2 is 1.96 bits per heavy atom. The molecule has 0 amide bonds. The second-order valence-corrected chi connectivity index (χ2v) is 7.24. The molecule has 1 aliphatic heterocycles. The molecule has 1 aromatic carbocycles. The number of ether oxygens (including phenoxy) is 1. The predicted octanol–water partition coefficient (Wildman–Crippen LogP) is 2.74. The Morgan fingerprint density at radius 3 is 2.70 bits per heavy atom. The van der Waals surface area contributed by atoms with Crippen molar-refractivity contribution in [2.24, 2.45) is 0 Å². The van der Waals surface area contributed by atoms with Crippen LogP contribution in [0.25, 0.3) is 10.8 Å². The molecular formula is C19H22N4O3S. The van der Waals surface area contributed by atoms with Crippen LogP contribution in [-0.2, 0) is 6.67 Å². The van der Waals surface area contributed by atoms with Gasteiger partial charge in [-0.2, -0.15) is 4.68 Å². The van der Waals surface area contributed by atoms with Crippen molar-refractivity contribution >= 4 is 17.0 Å². The van der Waals surface area contributed by atoms with Crippen LogP contribution in [0.2, 0.25) is 0 Å². The molecule has 0 atom stereocenters. The second-order valence-electron chi connectivity index (χ2n) is 6.30.